The van der Waals surface area contributed by atoms with Crippen LogP contribution in [0.3, 0.4) is 0 Å². The fourth-order valence-electron chi connectivity index (χ4n) is 5.79. The molecule has 1 radical (unpaired) electrons. The van der Waals surface area contributed by atoms with E-state index in [0.717, 1.165) is 45.2 Å². The summed E-state index contributed by atoms with van der Waals surface area (Å²) in [7, 11) is 0. The molecule has 1 fully saturated rings. The molecular formula is C37H42N2O5V. The topological polar surface area (TPSA) is 101 Å². The number of hydrogen-bond acceptors (Lipinski definition) is 5. The van der Waals surface area contributed by atoms with Gasteiger partial charge in [-0.1, -0.05) is 134 Å². The van der Waals surface area contributed by atoms with Crippen molar-refractivity contribution in [2.45, 2.75) is 69.6 Å². The van der Waals surface area contributed by atoms with Crippen LogP contribution in [0.2, 0.25) is 0 Å². The summed E-state index contributed by atoms with van der Waals surface area (Å²) in [6.45, 7) is 3.44. The zero-order chi connectivity index (χ0) is 31.5. The van der Waals surface area contributed by atoms with Crippen LogP contribution < -0.4 is 0 Å². The predicted molar refractivity (Wildman–Crippen MR) is 170 cm³/mol. The molecule has 2 unspecified atom stereocenters. The van der Waals surface area contributed by atoms with Crippen LogP contribution in [0.5, 0.6) is 0 Å². The van der Waals surface area contributed by atoms with E-state index in [1.807, 2.05) is 121 Å². The number of hydroxylamine groups is 4. The zero-order valence-electron chi connectivity index (χ0n) is 25.8. The normalized spacial score (nSPS) is 15.9. The molecule has 4 aromatic carbocycles. The molecule has 5 rings (SSSR count). The first-order valence-electron chi connectivity index (χ1n) is 15.2. The SMILES string of the molecule is CC(C)O.O=C(C(c1ccccc1)c1ccccc1)N(O)C1CCCCC1N(O)C(=O)C(c1ccccc1)c1ccccc1.[V]. The van der Waals surface area contributed by atoms with E-state index >= 15 is 0 Å². The van der Waals surface area contributed by atoms with Gasteiger partial charge in [0.05, 0.1) is 23.9 Å². The molecule has 0 saturated heterocycles. The van der Waals surface area contributed by atoms with E-state index < -0.39 is 35.7 Å². The molecule has 1 aliphatic carbocycles. The molecule has 7 nitrogen and oxygen atoms in total. The van der Waals surface area contributed by atoms with Gasteiger partial charge >= 0.3 is 0 Å². The average Bonchev–Trinajstić information content (AvgIpc) is 3.06. The van der Waals surface area contributed by atoms with E-state index in [9.17, 15) is 20.0 Å². The molecule has 8 heteroatoms. The van der Waals surface area contributed by atoms with Crippen molar-refractivity contribution in [2.24, 2.45) is 0 Å². The summed E-state index contributed by atoms with van der Waals surface area (Å²) in [6, 6.07) is 35.9. The number of carbonyl (C=O) groups excluding carboxylic acids is 2. The second kappa shape index (κ2) is 17.7. The molecule has 0 spiro atoms. The van der Waals surface area contributed by atoms with E-state index in [4.69, 9.17) is 5.11 Å². The Morgan fingerprint density at radius 2 is 0.778 bits per heavy atom. The van der Waals surface area contributed by atoms with Gasteiger partial charge in [-0.3, -0.25) is 20.0 Å². The van der Waals surface area contributed by atoms with Crippen LogP contribution in [0.1, 0.15) is 73.6 Å². The third kappa shape index (κ3) is 9.39. The van der Waals surface area contributed by atoms with Crippen molar-refractivity contribution in [3.8, 4) is 0 Å². The molecule has 2 atom stereocenters. The minimum absolute atomic E-state index is 0. The molecule has 0 heterocycles. The van der Waals surface area contributed by atoms with Crippen LogP contribution in [-0.4, -0.2) is 55.6 Å². The summed E-state index contributed by atoms with van der Waals surface area (Å²) in [5.41, 5.74) is 3.04. The van der Waals surface area contributed by atoms with Crippen molar-refractivity contribution in [2.75, 3.05) is 0 Å². The first kappa shape index (κ1) is 35.8. The van der Waals surface area contributed by atoms with E-state index in [1.165, 1.54) is 0 Å². The Kier molecular flexibility index (Phi) is 14.1. The summed E-state index contributed by atoms with van der Waals surface area (Å²) >= 11 is 0. The van der Waals surface area contributed by atoms with Gasteiger partial charge in [0.1, 0.15) is 0 Å². The third-order valence-corrected chi connectivity index (χ3v) is 7.80. The fourth-order valence-corrected chi connectivity index (χ4v) is 5.79. The maximum absolute atomic E-state index is 13.9. The number of aliphatic hydroxyl groups excluding tert-OH is 1. The molecular weight excluding hydrogens is 603 g/mol. The molecule has 0 aromatic heterocycles. The van der Waals surface area contributed by atoms with Crippen LogP contribution >= 0.6 is 0 Å². The Balaban J connectivity index is 0.00000104. The van der Waals surface area contributed by atoms with E-state index in [0.29, 0.717) is 12.8 Å². The maximum Gasteiger partial charge on any atom is 0.258 e. The minimum Gasteiger partial charge on any atom is -0.394 e. The molecule has 2 amide bonds. The van der Waals surface area contributed by atoms with Gasteiger partial charge in [0, 0.05) is 24.7 Å². The van der Waals surface area contributed by atoms with Crippen molar-refractivity contribution >= 4 is 11.8 Å². The van der Waals surface area contributed by atoms with Crippen LogP contribution in [0.25, 0.3) is 0 Å². The van der Waals surface area contributed by atoms with Gasteiger partial charge in [-0.05, 0) is 48.9 Å². The monoisotopic (exact) mass is 645 g/mol. The Morgan fingerprint density at radius 3 is 1.00 bits per heavy atom. The molecule has 45 heavy (non-hydrogen) atoms. The smallest absolute Gasteiger partial charge is 0.258 e. The standard InChI is InChI=1S/C34H34N2O4.C3H8O.V/c37-33(31(25-15-5-1-6-16-25)26-17-7-2-8-18-26)35(39)29-23-13-14-24-30(29)36(40)34(38)32(27-19-9-3-10-20-27)28-21-11-4-12-22-28;1-3(2)4;/h1-12,15-22,29-32,39-40H,13-14,23-24H2;3-4H,1-2H3;. The van der Waals surface area contributed by atoms with Gasteiger partial charge in [0.25, 0.3) is 11.8 Å². The second-order valence-corrected chi connectivity index (χ2v) is 11.4. The molecule has 1 aliphatic rings. The van der Waals surface area contributed by atoms with Gasteiger partial charge in [-0.25, -0.2) is 10.1 Å². The molecule has 4 aromatic rings. The van der Waals surface area contributed by atoms with Crippen molar-refractivity contribution < 1.29 is 43.7 Å². The quantitative estimate of drug-likeness (QED) is 0.145. The summed E-state index contributed by atoms with van der Waals surface area (Å²) in [4.78, 5) is 27.9. The molecule has 3 N–H and O–H groups in total. The Labute approximate surface area is 277 Å². The number of benzene rings is 4. The number of carbonyl (C=O) groups is 2. The summed E-state index contributed by atoms with van der Waals surface area (Å²) in [5, 5.41) is 32.5. The number of hydrogen-bond donors (Lipinski definition) is 3. The number of rotatable bonds is 8. The minimum atomic E-state index is -0.752. The van der Waals surface area contributed by atoms with Crippen LogP contribution in [-0.2, 0) is 28.1 Å². The van der Waals surface area contributed by atoms with Crippen molar-refractivity contribution in [3.05, 3.63) is 144 Å². The maximum atomic E-state index is 13.9. The Hall–Kier alpha value is -3.72. The predicted octanol–water partition coefficient (Wildman–Crippen LogP) is 6.78. The number of nitrogens with zero attached hydrogens (tertiary/aromatic N) is 2. The first-order valence-corrected chi connectivity index (χ1v) is 15.2. The summed E-state index contributed by atoms with van der Waals surface area (Å²) in [5.74, 6) is -2.42. The summed E-state index contributed by atoms with van der Waals surface area (Å²) < 4.78 is 0. The molecule has 0 bridgehead atoms. The Morgan fingerprint density at radius 1 is 0.556 bits per heavy atom. The largest absolute Gasteiger partial charge is 0.394 e. The van der Waals surface area contributed by atoms with Crippen LogP contribution in [0.15, 0.2) is 121 Å². The van der Waals surface area contributed by atoms with Crippen LogP contribution in [0, 0.1) is 0 Å². The zero-order valence-corrected chi connectivity index (χ0v) is 27.2. The van der Waals surface area contributed by atoms with Crippen molar-refractivity contribution in [1.82, 2.24) is 10.1 Å². The van der Waals surface area contributed by atoms with Gasteiger partial charge in [-0.2, -0.15) is 0 Å². The van der Waals surface area contributed by atoms with E-state index in [2.05, 4.69) is 0 Å². The molecule has 0 aliphatic heterocycles. The van der Waals surface area contributed by atoms with Gasteiger partial charge in [0.15, 0.2) is 0 Å². The van der Waals surface area contributed by atoms with Crippen molar-refractivity contribution in [3.63, 3.8) is 0 Å². The average molecular weight is 646 g/mol. The Bertz CT molecular complexity index is 1250. The number of aliphatic hydroxyl groups is 1. The first-order chi connectivity index (χ1) is 21.3. The summed E-state index contributed by atoms with van der Waals surface area (Å²) in [6.07, 6.45) is 2.31. The van der Waals surface area contributed by atoms with Gasteiger partial charge in [0.2, 0.25) is 0 Å². The van der Waals surface area contributed by atoms with Crippen molar-refractivity contribution in [1.29, 1.82) is 0 Å². The molecule has 235 valence electrons. The van der Waals surface area contributed by atoms with E-state index in [-0.39, 0.29) is 24.7 Å². The number of amides is 2. The molecule has 1 saturated carbocycles. The van der Waals surface area contributed by atoms with Crippen LogP contribution in [0.4, 0.5) is 0 Å². The van der Waals surface area contributed by atoms with Gasteiger partial charge < -0.3 is 5.11 Å². The third-order valence-electron chi connectivity index (χ3n) is 7.80. The fraction of sp³-hybridized carbons (Fsp3) is 0.297. The van der Waals surface area contributed by atoms with Gasteiger partial charge in [-0.15, -0.1) is 0 Å². The second-order valence-electron chi connectivity index (χ2n) is 11.4. The van der Waals surface area contributed by atoms with E-state index in [1.54, 1.807) is 13.8 Å².